The van der Waals surface area contributed by atoms with Crippen LogP contribution in [0.25, 0.3) is 0 Å². The summed E-state index contributed by atoms with van der Waals surface area (Å²) in [6.07, 6.45) is 7.47. The Morgan fingerprint density at radius 2 is 2.00 bits per heavy atom. The number of allylic oxidation sites excluding steroid dienone is 2. The molecule has 0 aromatic carbocycles. The van der Waals surface area contributed by atoms with Gasteiger partial charge in [0.2, 0.25) is 0 Å². The van der Waals surface area contributed by atoms with Gasteiger partial charge in [0.1, 0.15) is 6.61 Å². The summed E-state index contributed by atoms with van der Waals surface area (Å²) in [6, 6.07) is 0. The molecule has 0 unspecified atom stereocenters. The zero-order chi connectivity index (χ0) is 6.95. The molecule has 0 atom stereocenters. The molecule has 1 heterocycles. The fraction of sp³-hybridized carbons (Fsp3) is 0.200. The van der Waals surface area contributed by atoms with E-state index < -0.39 is 0 Å². The summed E-state index contributed by atoms with van der Waals surface area (Å²) in [7, 11) is 0.917. The van der Waals surface area contributed by atoms with Crippen molar-refractivity contribution in [3.63, 3.8) is 0 Å². The van der Waals surface area contributed by atoms with Gasteiger partial charge in [-0.1, -0.05) is 6.08 Å². The zero-order valence-corrected chi connectivity index (χ0v) is 7.10. The predicted molar refractivity (Wildman–Crippen MR) is 46.3 cm³/mol. The zero-order valence-electron chi connectivity index (χ0n) is 4.65. The summed E-state index contributed by atoms with van der Waals surface area (Å²) in [4.78, 5) is 0. The first-order valence-electron chi connectivity index (χ1n) is 2.27. The molecule has 0 aliphatic carbocycles. The molecule has 0 amide bonds. The molecule has 0 saturated heterocycles. The standard InChI is InChI=1S/C5H6O.S3/c1-2-4-6-5-3-1;1-3-2/h1-4H,5H2;. The molecule has 1 nitrogen and oxygen atoms in total. The molecular formula is C5H6OS3. The highest BCUT2D eigenvalue weighted by atomic mass is 33.1. The van der Waals surface area contributed by atoms with Crippen molar-refractivity contribution in [3.05, 3.63) is 24.5 Å². The first kappa shape index (κ1) is 8.94. The second-order valence-corrected chi connectivity index (χ2v) is 2.93. The van der Waals surface area contributed by atoms with Gasteiger partial charge in [0.15, 0.2) is 0 Å². The average molecular weight is 178 g/mol. The van der Waals surface area contributed by atoms with E-state index in [1.165, 1.54) is 0 Å². The van der Waals surface area contributed by atoms with Gasteiger partial charge in [-0.15, -0.1) is 0 Å². The van der Waals surface area contributed by atoms with E-state index in [0.717, 1.165) is 15.5 Å². The van der Waals surface area contributed by atoms with E-state index in [2.05, 4.69) is 22.4 Å². The van der Waals surface area contributed by atoms with Crippen LogP contribution in [0.1, 0.15) is 0 Å². The second kappa shape index (κ2) is 7.94. The summed E-state index contributed by atoms with van der Waals surface area (Å²) in [5.74, 6) is 0. The van der Waals surface area contributed by atoms with Gasteiger partial charge in [-0.2, -0.15) is 0 Å². The molecule has 0 radical (unpaired) electrons. The first-order chi connectivity index (χ1) is 4.41. The van der Waals surface area contributed by atoms with Crippen LogP contribution in [0.2, 0.25) is 0 Å². The van der Waals surface area contributed by atoms with Crippen LogP contribution in [-0.2, 0) is 36.0 Å². The van der Waals surface area contributed by atoms with Gasteiger partial charge in [-0.3, -0.25) is 0 Å². The minimum absolute atomic E-state index is 0.733. The molecular weight excluding hydrogens is 172 g/mol. The Balaban J connectivity index is 0.000000187. The Morgan fingerprint density at radius 3 is 2.11 bits per heavy atom. The maximum absolute atomic E-state index is 4.80. The lowest BCUT2D eigenvalue weighted by molar-refractivity contribution is 0.286. The SMILES string of the molecule is C1=CCOC=C1.S=S=S. The number of rotatable bonds is 0. The predicted octanol–water partition coefficient (Wildman–Crippen LogP) is 1.08. The van der Waals surface area contributed by atoms with E-state index in [1.807, 2.05) is 18.2 Å². The molecule has 0 saturated carbocycles. The summed E-state index contributed by atoms with van der Waals surface area (Å²) in [5.41, 5.74) is 0. The molecule has 0 aromatic rings. The number of hydrogen-bond acceptors (Lipinski definition) is 3. The van der Waals surface area contributed by atoms with Crippen LogP contribution in [0, 0.1) is 0 Å². The van der Waals surface area contributed by atoms with E-state index >= 15 is 0 Å². The van der Waals surface area contributed by atoms with E-state index in [4.69, 9.17) is 4.74 Å². The van der Waals surface area contributed by atoms with Crippen molar-refractivity contribution in [2.75, 3.05) is 6.61 Å². The lowest BCUT2D eigenvalue weighted by atomic mass is 10.5. The molecule has 0 bridgehead atoms. The molecule has 1 aliphatic rings. The third-order valence-electron chi connectivity index (χ3n) is 0.614. The third kappa shape index (κ3) is 7.94. The van der Waals surface area contributed by atoms with E-state index in [9.17, 15) is 0 Å². The Hall–Kier alpha value is -0.0600. The summed E-state index contributed by atoms with van der Waals surface area (Å²) in [5, 5.41) is 0. The van der Waals surface area contributed by atoms with E-state index in [0.29, 0.717) is 0 Å². The lowest BCUT2D eigenvalue weighted by Crippen LogP contribution is -1.82. The largest absolute Gasteiger partial charge is 0.497 e. The number of hydrogen-bond donors (Lipinski definition) is 0. The summed E-state index contributed by atoms with van der Waals surface area (Å²) >= 11 is 8.25. The van der Waals surface area contributed by atoms with Crippen LogP contribution >= 0.6 is 0 Å². The second-order valence-electron chi connectivity index (χ2n) is 1.16. The van der Waals surface area contributed by atoms with E-state index in [-0.39, 0.29) is 0 Å². The van der Waals surface area contributed by atoms with Crippen LogP contribution < -0.4 is 0 Å². The molecule has 1 aliphatic heterocycles. The van der Waals surface area contributed by atoms with Crippen molar-refractivity contribution in [2.24, 2.45) is 0 Å². The quantitative estimate of drug-likeness (QED) is 0.549. The van der Waals surface area contributed by atoms with Gasteiger partial charge in [0.25, 0.3) is 0 Å². The van der Waals surface area contributed by atoms with Crippen LogP contribution in [0.4, 0.5) is 0 Å². The normalized spacial score (nSPS) is 12.9. The van der Waals surface area contributed by atoms with Gasteiger partial charge >= 0.3 is 0 Å². The van der Waals surface area contributed by atoms with Crippen molar-refractivity contribution in [1.29, 1.82) is 0 Å². The molecule has 1 rings (SSSR count). The van der Waals surface area contributed by atoms with Gasteiger partial charge in [0.05, 0.1) is 6.26 Å². The van der Waals surface area contributed by atoms with Crippen molar-refractivity contribution in [3.8, 4) is 0 Å². The summed E-state index contributed by atoms with van der Waals surface area (Å²) in [6.45, 7) is 0.733. The molecule has 0 fully saturated rings. The monoisotopic (exact) mass is 178 g/mol. The fourth-order valence-corrected chi connectivity index (χ4v) is 0.346. The highest BCUT2D eigenvalue weighted by Gasteiger charge is 1.75. The Bertz CT molecular complexity index is 132. The van der Waals surface area contributed by atoms with Crippen molar-refractivity contribution < 1.29 is 4.74 Å². The smallest absolute Gasteiger partial charge is 0.106 e. The molecule has 0 spiro atoms. The Kier molecular flexibility index (Phi) is 7.89. The maximum atomic E-state index is 4.80. The van der Waals surface area contributed by atoms with Crippen molar-refractivity contribution in [1.82, 2.24) is 0 Å². The molecule has 0 N–H and O–H groups in total. The number of ether oxygens (including phenoxy) is 1. The third-order valence-corrected chi connectivity index (χ3v) is 0.614. The molecule has 4 heteroatoms. The van der Waals surface area contributed by atoms with Gasteiger partial charge in [-0.25, -0.2) is 0 Å². The minimum atomic E-state index is 0.733. The lowest BCUT2D eigenvalue weighted by Gasteiger charge is -1.94. The van der Waals surface area contributed by atoms with E-state index in [1.54, 1.807) is 6.26 Å². The van der Waals surface area contributed by atoms with Gasteiger partial charge in [-0.05, 0) is 12.2 Å². The van der Waals surface area contributed by atoms with Crippen LogP contribution in [-0.4, -0.2) is 6.61 Å². The molecule has 50 valence electrons. The van der Waals surface area contributed by atoms with Gasteiger partial charge < -0.3 is 4.74 Å². The summed E-state index contributed by atoms with van der Waals surface area (Å²) < 4.78 is 4.80. The van der Waals surface area contributed by atoms with Crippen molar-refractivity contribution in [2.45, 2.75) is 0 Å². The molecule has 0 aromatic heterocycles. The van der Waals surface area contributed by atoms with Crippen LogP contribution in [0.3, 0.4) is 0 Å². The first-order valence-corrected chi connectivity index (χ1v) is 4.93. The van der Waals surface area contributed by atoms with Gasteiger partial charge in [0, 0.05) is 31.3 Å². The molecule has 9 heavy (non-hydrogen) atoms. The highest BCUT2D eigenvalue weighted by molar-refractivity contribution is 8.37. The van der Waals surface area contributed by atoms with Crippen molar-refractivity contribution >= 4 is 31.3 Å². The Labute approximate surface area is 67.3 Å². The fourth-order valence-electron chi connectivity index (χ4n) is 0.346. The Morgan fingerprint density at radius 1 is 1.33 bits per heavy atom. The average Bonchev–Trinajstić information content (AvgIpc) is 1.93. The highest BCUT2D eigenvalue weighted by Crippen LogP contribution is 1.87. The minimum Gasteiger partial charge on any atom is -0.497 e. The van der Waals surface area contributed by atoms with Crippen LogP contribution in [0.5, 0.6) is 0 Å². The van der Waals surface area contributed by atoms with Crippen LogP contribution in [0.15, 0.2) is 24.5 Å². The maximum Gasteiger partial charge on any atom is 0.106 e. The topological polar surface area (TPSA) is 9.23 Å².